The monoisotopic (exact) mass is 248 g/mol. The number of aromatic nitrogens is 2. The summed E-state index contributed by atoms with van der Waals surface area (Å²) in [5.41, 5.74) is 1.06. The molecule has 4 heteroatoms. The second-order valence-corrected chi connectivity index (χ2v) is 5.39. The van der Waals surface area contributed by atoms with Gasteiger partial charge >= 0.3 is 0 Å². The van der Waals surface area contributed by atoms with Crippen molar-refractivity contribution >= 4 is 0 Å². The molecule has 2 heterocycles. The third-order valence-electron chi connectivity index (χ3n) is 3.77. The van der Waals surface area contributed by atoms with E-state index in [2.05, 4.69) is 41.0 Å². The highest BCUT2D eigenvalue weighted by atomic mass is 15.2. The van der Waals surface area contributed by atoms with Crippen molar-refractivity contribution in [2.45, 2.75) is 51.7 Å². The molecule has 0 bridgehead atoms. The van der Waals surface area contributed by atoms with E-state index in [1.807, 2.05) is 6.20 Å². The summed E-state index contributed by atoms with van der Waals surface area (Å²) in [7, 11) is 0. The predicted octanol–water partition coefficient (Wildman–Crippen LogP) is 2.00. The van der Waals surface area contributed by atoms with Crippen LogP contribution in [0.3, 0.4) is 0 Å². The molecule has 1 N–H and O–H groups in total. The summed E-state index contributed by atoms with van der Waals surface area (Å²) in [5.74, 6) is 0. The van der Waals surface area contributed by atoms with Gasteiger partial charge in [-0.1, -0.05) is 0 Å². The Labute approximate surface area is 110 Å². The molecule has 0 aliphatic carbocycles. The molecule has 4 nitrogen and oxygen atoms in total. The zero-order chi connectivity index (χ0) is 13.0. The van der Waals surface area contributed by atoms with Crippen LogP contribution in [0, 0.1) is 0 Å². The van der Waals surface area contributed by atoms with E-state index in [1.165, 1.54) is 12.8 Å². The lowest BCUT2D eigenvalue weighted by Gasteiger charge is -2.34. The summed E-state index contributed by atoms with van der Waals surface area (Å²) in [6, 6.07) is 1.47. The van der Waals surface area contributed by atoms with Crippen LogP contribution in [0.2, 0.25) is 0 Å². The highest BCUT2D eigenvalue weighted by molar-refractivity contribution is 5.02. The molecule has 1 aliphatic rings. The van der Waals surface area contributed by atoms with Crippen LogP contribution in [0.4, 0.5) is 0 Å². The van der Waals surface area contributed by atoms with Gasteiger partial charge in [-0.05, 0) is 40.2 Å². The van der Waals surface area contributed by atoms with Crippen molar-refractivity contribution in [1.29, 1.82) is 0 Å². The lowest BCUT2D eigenvalue weighted by atomic mass is 10.1. The Hall–Kier alpha value is -1.00. The van der Waals surface area contributed by atoms with E-state index in [9.17, 15) is 0 Å². The topological polar surface area (TPSA) is 41.0 Å². The number of hydrogen-bond acceptors (Lipinski definition) is 4. The van der Waals surface area contributed by atoms with E-state index < -0.39 is 0 Å². The molecule has 1 aliphatic heterocycles. The van der Waals surface area contributed by atoms with Crippen molar-refractivity contribution in [2.24, 2.45) is 0 Å². The van der Waals surface area contributed by atoms with Crippen molar-refractivity contribution in [3.8, 4) is 0 Å². The van der Waals surface area contributed by atoms with Crippen LogP contribution in [0.1, 0.15) is 45.3 Å². The normalized spacial score (nSPS) is 21.7. The Morgan fingerprint density at radius 1 is 1.39 bits per heavy atom. The quantitative estimate of drug-likeness (QED) is 0.865. The van der Waals surface area contributed by atoms with Crippen LogP contribution in [0.5, 0.6) is 0 Å². The number of nitrogens with zero attached hydrogens (tertiary/aromatic N) is 3. The molecule has 100 valence electrons. The summed E-state index contributed by atoms with van der Waals surface area (Å²) >= 11 is 0. The highest BCUT2D eigenvalue weighted by Gasteiger charge is 2.24. The molecule has 0 aromatic carbocycles. The van der Waals surface area contributed by atoms with Crippen molar-refractivity contribution in [3.63, 3.8) is 0 Å². The van der Waals surface area contributed by atoms with Gasteiger partial charge in [-0.15, -0.1) is 0 Å². The summed E-state index contributed by atoms with van der Waals surface area (Å²) in [6.45, 7) is 8.98. The smallest absolute Gasteiger partial charge is 0.0755 e. The first-order valence-electron chi connectivity index (χ1n) is 6.93. The number of hydrogen-bond donors (Lipinski definition) is 1. The zero-order valence-corrected chi connectivity index (χ0v) is 11.6. The largest absolute Gasteiger partial charge is 0.313 e. The average molecular weight is 248 g/mol. The van der Waals surface area contributed by atoms with E-state index in [4.69, 9.17) is 0 Å². The van der Waals surface area contributed by atoms with Crippen molar-refractivity contribution < 1.29 is 0 Å². The maximum absolute atomic E-state index is 4.43. The molecule has 1 aromatic rings. The third-order valence-corrected chi connectivity index (χ3v) is 3.77. The minimum atomic E-state index is 0.320. The van der Waals surface area contributed by atoms with E-state index in [-0.39, 0.29) is 0 Å². The SMILES string of the molecule is CC(C)N(CC1CCCN1)C(C)c1cnccn1. The summed E-state index contributed by atoms with van der Waals surface area (Å²) < 4.78 is 0. The van der Waals surface area contributed by atoms with E-state index in [0.717, 1.165) is 18.8 Å². The second-order valence-electron chi connectivity index (χ2n) is 5.39. The van der Waals surface area contributed by atoms with Crippen LogP contribution in [-0.4, -0.2) is 40.0 Å². The predicted molar refractivity (Wildman–Crippen MR) is 73.3 cm³/mol. The molecule has 1 fully saturated rings. The molecule has 0 spiro atoms. The molecule has 2 atom stereocenters. The highest BCUT2D eigenvalue weighted by Crippen LogP contribution is 2.21. The molecular weight excluding hydrogens is 224 g/mol. The standard InChI is InChI=1S/C14H24N4/c1-11(2)18(10-13-5-4-6-16-13)12(3)14-9-15-7-8-17-14/h7-9,11-13,16H,4-6,10H2,1-3H3. The first-order valence-corrected chi connectivity index (χ1v) is 6.93. The van der Waals surface area contributed by atoms with Gasteiger partial charge in [0.05, 0.1) is 11.7 Å². The van der Waals surface area contributed by atoms with Crippen LogP contribution in [0.25, 0.3) is 0 Å². The molecule has 1 aromatic heterocycles. The number of rotatable bonds is 5. The van der Waals surface area contributed by atoms with Gasteiger partial charge in [0.1, 0.15) is 0 Å². The fraction of sp³-hybridized carbons (Fsp3) is 0.714. The van der Waals surface area contributed by atoms with Gasteiger partial charge in [0, 0.05) is 37.2 Å². The summed E-state index contributed by atoms with van der Waals surface area (Å²) in [4.78, 5) is 11.1. The van der Waals surface area contributed by atoms with Gasteiger partial charge in [0.2, 0.25) is 0 Å². The minimum absolute atomic E-state index is 0.320. The first kappa shape index (κ1) is 13.4. The first-order chi connectivity index (χ1) is 8.68. The maximum Gasteiger partial charge on any atom is 0.0755 e. The molecule has 1 saturated heterocycles. The Bertz CT molecular complexity index is 346. The van der Waals surface area contributed by atoms with Gasteiger partial charge < -0.3 is 5.32 Å². The fourth-order valence-corrected chi connectivity index (χ4v) is 2.68. The van der Waals surface area contributed by atoms with Crippen LogP contribution in [-0.2, 0) is 0 Å². The Morgan fingerprint density at radius 3 is 2.78 bits per heavy atom. The molecular formula is C14H24N4. The Balaban J connectivity index is 2.04. The molecule has 0 saturated carbocycles. The van der Waals surface area contributed by atoms with Crippen molar-refractivity contribution in [3.05, 3.63) is 24.3 Å². The van der Waals surface area contributed by atoms with Crippen LogP contribution < -0.4 is 5.32 Å². The lowest BCUT2D eigenvalue weighted by molar-refractivity contribution is 0.147. The van der Waals surface area contributed by atoms with Gasteiger partial charge in [-0.2, -0.15) is 0 Å². The lowest BCUT2D eigenvalue weighted by Crippen LogP contribution is -2.42. The van der Waals surface area contributed by atoms with Gasteiger partial charge in [-0.25, -0.2) is 0 Å². The molecule has 0 amide bonds. The molecule has 18 heavy (non-hydrogen) atoms. The molecule has 2 unspecified atom stereocenters. The minimum Gasteiger partial charge on any atom is -0.313 e. The molecule has 0 radical (unpaired) electrons. The molecule has 2 rings (SSSR count). The maximum atomic E-state index is 4.43. The van der Waals surface area contributed by atoms with Gasteiger partial charge in [0.15, 0.2) is 0 Å². The summed E-state index contributed by atoms with van der Waals surface area (Å²) in [5, 5.41) is 3.57. The van der Waals surface area contributed by atoms with E-state index in [1.54, 1.807) is 12.4 Å². The van der Waals surface area contributed by atoms with Gasteiger partial charge in [-0.3, -0.25) is 14.9 Å². The Morgan fingerprint density at radius 2 is 2.22 bits per heavy atom. The number of nitrogens with one attached hydrogen (secondary N) is 1. The third kappa shape index (κ3) is 3.27. The van der Waals surface area contributed by atoms with Crippen LogP contribution >= 0.6 is 0 Å². The average Bonchev–Trinajstić information content (AvgIpc) is 2.89. The second kappa shape index (κ2) is 6.25. The zero-order valence-electron chi connectivity index (χ0n) is 11.6. The van der Waals surface area contributed by atoms with Gasteiger partial charge in [0.25, 0.3) is 0 Å². The van der Waals surface area contributed by atoms with Crippen LogP contribution in [0.15, 0.2) is 18.6 Å². The Kier molecular flexibility index (Phi) is 4.66. The van der Waals surface area contributed by atoms with Crippen molar-refractivity contribution in [1.82, 2.24) is 20.2 Å². The van der Waals surface area contributed by atoms with E-state index in [0.29, 0.717) is 18.1 Å². The summed E-state index contributed by atoms with van der Waals surface area (Å²) in [6.07, 6.45) is 7.97. The van der Waals surface area contributed by atoms with E-state index >= 15 is 0 Å². The van der Waals surface area contributed by atoms with Crippen molar-refractivity contribution in [2.75, 3.05) is 13.1 Å². The fourth-order valence-electron chi connectivity index (χ4n) is 2.68.